The number of rotatable bonds is 2. The van der Waals surface area contributed by atoms with Crippen LogP contribution in [0.5, 0.6) is 0 Å². The highest BCUT2D eigenvalue weighted by molar-refractivity contribution is 6.32. The molecule has 0 bridgehead atoms. The Bertz CT molecular complexity index is 587. The van der Waals surface area contributed by atoms with Crippen LogP contribution in [-0.4, -0.2) is 22.1 Å². The van der Waals surface area contributed by atoms with Gasteiger partial charge in [0.05, 0.1) is 11.0 Å². The molecule has 0 saturated heterocycles. The van der Waals surface area contributed by atoms with Gasteiger partial charge in [0.1, 0.15) is 0 Å². The van der Waals surface area contributed by atoms with Crippen LogP contribution in [0.2, 0.25) is 5.15 Å². The Morgan fingerprint density at radius 2 is 1.79 bits per heavy atom. The van der Waals surface area contributed by atoms with E-state index in [0.29, 0.717) is 11.0 Å². The van der Waals surface area contributed by atoms with Gasteiger partial charge in [-0.25, -0.2) is 9.97 Å². The molecule has 0 unspecified atom stereocenters. The van der Waals surface area contributed by atoms with Crippen molar-refractivity contribution in [2.45, 2.75) is 37.8 Å². The zero-order chi connectivity index (χ0) is 13.2. The summed E-state index contributed by atoms with van der Waals surface area (Å²) in [5, 5.41) is 3.77. The first-order valence-corrected chi connectivity index (χ1v) is 7.06. The van der Waals surface area contributed by atoms with Gasteiger partial charge in [0.25, 0.3) is 0 Å². The van der Waals surface area contributed by atoms with Crippen LogP contribution in [-0.2, 0) is 0 Å². The van der Waals surface area contributed by atoms with Crippen molar-refractivity contribution < 1.29 is 0 Å². The molecular weight excluding hydrogens is 260 g/mol. The predicted octanol–water partition coefficient (Wildman–Crippen LogP) is 2.97. The van der Waals surface area contributed by atoms with Crippen molar-refractivity contribution in [1.82, 2.24) is 9.97 Å². The minimum absolute atomic E-state index is 0.165. The van der Waals surface area contributed by atoms with Crippen molar-refractivity contribution in [3.63, 3.8) is 0 Å². The third-order valence-corrected chi connectivity index (χ3v) is 3.93. The van der Waals surface area contributed by atoms with E-state index in [1.165, 1.54) is 12.8 Å². The molecule has 3 N–H and O–H groups in total. The molecule has 0 amide bonds. The van der Waals surface area contributed by atoms with E-state index in [1.54, 1.807) is 0 Å². The van der Waals surface area contributed by atoms with Gasteiger partial charge in [-0.1, -0.05) is 36.6 Å². The van der Waals surface area contributed by atoms with Crippen LogP contribution in [0.3, 0.4) is 0 Å². The van der Waals surface area contributed by atoms with E-state index in [0.717, 1.165) is 23.9 Å². The maximum absolute atomic E-state index is 6.19. The third-order valence-electron chi connectivity index (χ3n) is 3.67. The summed E-state index contributed by atoms with van der Waals surface area (Å²) in [5.74, 6) is 0.641. The van der Waals surface area contributed by atoms with Gasteiger partial charge >= 0.3 is 0 Å². The topological polar surface area (TPSA) is 63.8 Å². The number of halogens is 1. The number of nitrogens with zero attached hydrogens (tertiary/aromatic N) is 2. The molecule has 1 heterocycles. The Kier molecular flexibility index (Phi) is 3.53. The summed E-state index contributed by atoms with van der Waals surface area (Å²) >= 11 is 6.19. The van der Waals surface area contributed by atoms with E-state index < -0.39 is 0 Å². The zero-order valence-electron chi connectivity index (χ0n) is 10.6. The molecule has 3 rings (SSSR count). The Morgan fingerprint density at radius 1 is 1.11 bits per heavy atom. The first-order valence-electron chi connectivity index (χ1n) is 6.68. The second kappa shape index (κ2) is 5.31. The third kappa shape index (κ3) is 2.65. The molecule has 1 aromatic heterocycles. The summed E-state index contributed by atoms with van der Waals surface area (Å²) in [6, 6.07) is 8.12. The molecule has 0 aliphatic heterocycles. The molecule has 1 aliphatic carbocycles. The smallest absolute Gasteiger partial charge is 0.172 e. The quantitative estimate of drug-likeness (QED) is 0.885. The van der Waals surface area contributed by atoms with Gasteiger partial charge in [0.15, 0.2) is 11.0 Å². The standard InChI is InChI=1S/C14H17ClN4/c15-13-14(18-10-6-2-1-5-9(10)16)19-12-8-4-3-7-11(12)17-13/h3-4,7-10H,1-2,5-6,16H2,(H,18,19)/t9-,10+/m0/s1. The maximum atomic E-state index is 6.19. The van der Waals surface area contributed by atoms with Gasteiger partial charge in [-0.05, 0) is 25.0 Å². The summed E-state index contributed by atoms with van der Waals surface area (Å²) in [4.78, 5) is 8.91. The van der Waals surface area contributed by atoms with E-state index in [1.807, 2.05) is 24.3 Å². The number of hydrogen-bond donors (Lipinski definition) is 2. The van der Waals surface area contributed by atoms with Crippen molar-refractivity contribution in [3.05, 3.63) is 29.4 Å². The normalized spacial score (nSPS) is 23.5. The second-order valence-electron chi connectivity index (χ2n) is 5.05. The molecule has 4 nitrogen and oxygen atoms in total. The number of anilines is 1. The lowest BCUT2D eigenvalue weighted by atomic mass is 9.91. The maximum Gasteiger partial charge on any atom is 0.172 e. The lowest BCUT2D eigenvalue weighted by Gasteiger charge is -2.29. The monoisotopic (exact) mass is 276 g/mol. The summed E-state index contributed by atoms with van der Waals surface area (Å²) in [6.07, 6.45) is 4.52. The molecule has 19 heavy (non-hydrogen) atoms. The average molecular weight is 277 g/mol. The van der Waals surface area contributed by atoms with Crippen LogP contribution in [0.25, 0.3) is 11.0 Å². The Morgan fingerprint density at radius 3 is 2.53 bits per heavy atom. The molecular formula is C14H17ClN4. The van der Waals surface area contributed by atoms with Crippen LogP contribution in [0.15, 0.2) is 24.3 Å². The van der Waals surface area contributed by atoms with Crippen molar-refractivity contribution >= 4 is 28.5 Å². The predicted molar refractivity (Wildman–Crippen MR) is 78.4 cm³/mol. The number of nitrogens with one attached hydrogen (secondary N) is 1. The molecule has 0 spiro atoms. The highest BCUT2D eigenvalue weighted by atomic mass is 35.5. The highest BCUT2D eigenvalue weighted by Crippen LogP contribution is 2.25. The summed E-state index contributed by atoms with van der Waals surface area (Å²) in [5.41, 5.74) is 7.79. The van der Waals surface area contributed by atoms with Gasteiger partial charge in [-0.3, -0.25) is 0 Å². The molecule has 1 fully saturated rings. The van der Waals surface area contributed by atoms with Crippen LogP contribution in [0.1, 0.15) is 25.7 Å². The Balaban J connectivity index is 1.89. The first-order chi connectivity index (χ1) is 9.24. The van der Waals surface area contributed by atoms with E-state index in [9.17, 15) is 0 Å². The highest BCUT2D eigenvalue weighted by Gasteiger charge is 2.23. The fourth-order valence-electron chi connectivity index (χ4n) is 2.58. The molecule has 1 saturated carbocycles. The van der Waals surface area contributed by atoms with Crippen LogP contribution < -0.4 is 11.1 Å². The molecule has 100 valence electrons. The number of nitrogens with two attached hydrogens (primary N) is 1. The lowest BCUT2D eigenvalue weighted by Crippen LogP contribution is -2.42. The number of fused-ring (bicyclic) bond motifs is 1. The molecule has 2 atom stereocenters. The fourth-order valence-corrected chi connectivity index (χ4v) is 2.77. The number of hydrogen-bond acceptors (Lipinski definition) is 4. The fraction of sp³-hybridized carbons (Fsp3) is 0.429. The minimum Gasteiger partial charge on any atom is -0.363 e. The SMILES string of the molecule is N[C@H]1CCCC[C@H]1Nc1nc2ccccc2nc1Cl. The zero-order valence-corrected chi connectivity index (χ0v) is 11.4. The Hall–Kier alpha value is -1.39. The van der Waals surface area contributed by atoms with Gasteiger partial charge < -0.3 is 11.1 Å². The molecule has 1 aromatic carbocycles. The average Bonchev–Trinajstić information content (AvgIpc) is 2.42. The summed E-state index contributed by atoms with van der Waals surface area (Å²) in [6.45, 7) is 0. The van der Waals surface area contributed by atoms with E-state index in [2.05, 4.69) is 15.3 Å². The van der Waals surface area contributed by atoms with Crippen molar-refractivity contribution in [2.24, 2.45) is 5.73 Å². The van der Waals surface area contributed by atoms with Crippen molar-refractivity contribution in [1.29, 1.82) is 0 Å². The Labute approximate surface area is 117 Å². The summed E-state index contributed by atoms with van der Waals surface area (Å²) in [7, 11) is 0. The number of aromatic nitrogens is 2. The van der Waals surface area contributed by atoms with Gasteiger partial charge in [-0.2, -0.15) is 0 Å². The summed E-state index contributed by atoms with van der Waals surface area (Å²) < 4.78 is 0. The minimum atomic E-state index is 0.165. The van der Waals surface area contributed by atoms with E-state index in [-0.39, 0.29) is 12.1 Å². The second-order valence-corrected chi connectivity index (χ2v) is 5.41. The van der Waals surface area contributed by atoms with Gasteiger partial charge in [0, 0.05) is 12.1 Å². The van der Waals surface area contributed by atoms with Crippen molar-refractivity contribution in [3.8, 4) is 0 Å². The van der Waals surface area contributed by atoms with Gasteiger partial charge in [0.2, 0.25) is 0 Å². The van der Waals surface area contributed by atoms with Crippen LogP contribution in [0.4, 0.5) is 5.82 Å². The van der Waals surface area contributed by atoms with Crippen LogP contribution >= 0.6 is 11.6 Å². The number of para-hydroxylation sites is 2. The van der Waals surface area contributed by atoms with E-state index in [4.69, 9.17) is 17.3 Å². The molecule has 1 aliphatic rings. The van der Waals surface area contributed by atoms with E-state index >= 15 is 0 Å². The molecule has 5 heteroatoms. The lowest BCUT2D eigenvalue weighted by molar-refractivity contribution is 0.403. The largest absolute Gasteiger partial charge is 0.363 e. The first kappa shape index (κ1) is 12.6. The van der Waals surface area contributed by atoms with Crippen LogP contribution in [0, 0.1) is 0 Å². The van der Waals surface area contributed by atoms with Gasteiger partial charge in [-0.15, -0.1) is 0 Å². The molecule has 0 radical (unpaired) electrons. The molecule has 2 aromatic rings. The van der Waals surface area contributed by atoms with Crippen molar-refractivity contribution in [2.75, 3.05) is 5.32 Å². The number of benzene rings is 1.